The summed E-state index contributed by atoms with van der Waals surface area (Å²) in [6.07, 6.45) is 0.162. The van der Waals surface area contributed by atoms with Crippen molar-refractivity contribution in [3.63, 3.8) is 0 Å². The number of carbonyl (C=O) groups is 1. The second kappa shape index (κ2) is 8.37. The third kappa shape index (κ3) is 4.62. The third-order valence-corrected chi connectivity index (χ3v) is 3.89. The highest BCUT2D eigenvalue weighted by Crippen LogP contribution is 2.25. The van der Waals surface area contributed by atoms with E-state index in [0.717, 1.165) is 5.56 Å². The minimum absolute atomic E-state index is 0.109. The van der Waals surface area contributed by atoms with Crippen LogP contribution in [0.5, 0.6) is 17.2 Å². The number of amides is 1. The lowest BCUT2D eigenvalue weighted by Gasteiger charge is -2.19. The summed E-state index contributed by atoms with van der Waals surface area (Å²) in [6, 6.07) is 9.97. The Morgan fingerprint density at radius 1 is 1.00 bits per heavy atom. The summed E-state index contributed by atoms with van der Waals surface area (Å²) < 4.78 is 29.2. The molecule has 134 valence electrons. The van der Waals surface area contributed by atoms with Crippen molar-refractivity contribution in [2.75, 3.05) is 28.4 Å². The highest BCUT2D eigenvalue weighted by molar-refractivity contribution is 5.79. The van der Waals surface area contributed by atoms with Crippen LogP contribution in [0.25, 0.3) is 0 Å². The lowest BCUT2D eigenvalue weighted by molar-refractivity contribution is -0.129. The maximum absolute atomic E-state index is 13.8. The number of carbonyl (C=O) groups excluding carboxylic acids is 1. The fraction of sp³-hybridized carbons (Fsp3) is 0.316. The molecule has 2 aromatic rings. The summed E-state index contributed by atoms with van der Waals surface area (Å²) in [5.74, 6) is 0.901. The predicted molar refractivity (Wildman–Crippen MR) is 92.7 cm³/mol. The standard InChI is InChI=1S/C19H22FNO4/c1-21(12-13-5-7-18(25-4)16(20)9-13)19(22)11-14-10-15(23-2)6-8-17(14)24-3/h5-10H,11-12H2,1-4H3. The van der Waals surface area contributed by atoms with Gasteiger partial charge >= 0.3 is 0 Å². The van der Waals surface area contributed by atoms with Gasteiger partial charge < -0.3 is 19.1 Å². The number of methoxy groups -OCH3 is 3. The van der Waals surface area contributed by atoms with Crippen LogP contribution in [0.2, 0.25) is 0 Å². The molecule has 0 aliphatic heterocycles. The highest BCUT2D eigenvalue weighted by atomic mass is 19.1. The summed E-state index contributed by atoms with van der Waals surface area (Å²) in [4.78, 5) is 14.0. The van der Waals surface area contributed by atoms with Crippen LogP contribution in [0, 0.1) is 5.82 Å². The number of ether oxygens (including phenoxy) is 3. The van der Waals surface area contributed by atoms with Crippen molar-refractivity contribution < 1.29 is 23.4 Å². The Hall–Kier alpha value is -2.76. The minimum atomic E-state index is -0.449. The molecule has 25 heavy (non-hydrogen) atoms. The molecule has 0 heterocycles. The predicted octanol–water partition coefficient (Wildman–Crippen LogP) is 3.05. The van der Waals surface area contributed by atoms with Gasteiger partial charge in [-0.05, 0) is 35.9 Å². The second-order valence-corrected chi connectivity index (χ2v) is 5.57. The van der Waals surface area contributed by atoms with E-state index in [0.29, 0.717) is 23.6 Å². The van der Waals surface area contributed by atoms with Crippen molar-refractivity contribution in [3.05, 3.63) is 53.3 Å². The molecule has 6 heteroatoms. The molecule has 0 fully saturated rings. The molecule has 2 aromatic carbocycles. The number of rotatable bonds is 7. The monoisotopic (exact) mass is 347 g/mol. The number of hydrogen-bond donors (Lipinski definition) is 0. The molecule has 0 saturated heterocycles. The summed E-state index contributed by atoms with van der Waals surface area (Å²) >= 11 is 0. The average molecular weight is 347 g/mol. The zero-order chi connectivity index (χ0) is 18.4. The van der Waals surface area contributed by atoms with Gasteiger partial charge in [0.05, 0.1) is 27.8 Å². The highest BCUT2D eigenvalue weighted by Gasteiger charge is 2.15. The van der Waals surface area contributed by atoms with Gasteiger partial charge in [-0.25, -0.2) is 4.39 Å². The molecule has 2 rings (SSSR count). The van der Waals surface area contributed by atoms with Crippen molar-refractivity contribution in [1.82, 2.24) is 4.90 Å². The fourth-order valence-electron chi connectivity index (χ4n) is 2.49. The molecule has 0 atom stereocenters. The van der Waals surface area contributed by atoms with E-state index in [-0.39, 0.29) is 18.1 Å². The lowest BCUT2D eigenvalue weighted by Crippen LogP contribution is -2.27. The SMILES string of the molecule is COc1ccc(OC)c(CC(=O)N(C)Cc2ccc(OC)c(F)c2)c1. The first-order valence-electron chi connectivity index (χ1n) is 7.75. The number of nitrogens with zero attached hydrogens (tertiary/aromatic N) is 1. The second-order valence-electron chi connectivity index (χ2n) is 5.57. The van der Waals surface area contributed by atoms with Crippen LogP contribution in [-0.4, -0.2) is 39.2 Å². The van der Waals surface area contributed by atoms with Crippen molar-refractivity contribution >= 4 is 5.91 Å². The number of benzene rings is 2. The van der Waals surface area contributed by atoms with Gasteiger partial charge in [-0.2, -0.15) is 0 Å². The summed E-state index contributed by atoms with van der Waals surface area (Å²) in [7, 11) is 6.21. The summed E-state index contributed by atoms with van der Waals surface area (Å²) in [5.41, 5.74) is 1.42. The van der Waals surface area contributed by atoms with Crippen LogP contribution in [0.3, 0.4) is 0 Å². The average Bonchev–Trinajstić information content (AvgIpc) is 2.61. The first-order chi connectivity index (χ1) is 12.0. The first kappa shape index (κ1) is 18.6. The lowest BCUT2D eigenvalue weighted by atomic mass is 10.1. The van der Waals surface area contributed by atoms with E-state index in [4.69, 9.17) is 14.2 Å². The molecule has 0 aliphatic carbocycles. The van der Waals surface area contributed by atoms with Crippen LogP contribution in [0.4, 0.5) is 4.39 Å². The Bertz CT molecular complexity index is 748. The van der Waals surface area contributed by atoms with Crippen LogP contribution in [0.1, 0.15) is 11.1 Å². The van der Waals surface area contributed by atoms with Gasteiger partial charge in [-0.1, -0.05) is 6.07 Å². The largest absolute Gasteiger partial charge is 0.497 e. The fourth-order valence-corrected chi connectivity index (χ4v) is 2.49. The molecule has 5 nitrogen and oxygen atoms in total. The summed E-state index contributed by atoms with van der Waals surface area (Å²) in [6.45, 7) is 0.298. The Morgan fingerprint density at radius 3 is 2.28 bits per heavy atom. The smallest absolute Gasteiger partial charge is 0.227 e. The Kier molecular flexibility index (Phi) is 6.22. The zero-order valence-corrected chi connectivity index (χ0v) is 14.8. The van der Waals surface area contributed by atoms with Gasteiger partial charge in [0.15, 0.2) is 11.6 Å². The van der Waals surface area contributed by atoms with Crippen LogP contribution in [0.15, 0.2) is 36.4 Å². The minimum Gasteiger partial charge on any atom is -0.497 e. The van der Waals surface area contributed by atoms with Crippen molar-refractivity contribution in [3.8, 4) is 17.2 Å². The molecule has 0 aromatic heterocycles. The number of hydrogen-bond acceptors (Lipinski definition) is 4. The van der Waals surface area contributed by atoms with Gasteiger partial charge in [-0.15, -0.1) is 0 Å². The maximum atomic E-state index is 13.8. The van der Waals surface area contributed by atoms with Crippen molar-refractivity contribution in [2.24, 2.45) is 0 Å². The van der Waals surface area contributed by atoms with Crippen LogP contribution >= 0.6 is 0 Å². The van der Waals surface area contributed by atoms with E-state index in [1.807, 2.05) is 0 Å². The van der Waals surface area contributed by atoms with E-state index in [1.54, 1.807) is 56.5 Å². The molecule has 0 radical (unpaired) electrons. The van der Waals surface area contributed by atoms with E-state index in [2.05, 4.69) is 0 Å². The van der Waals surface area contributed by atoms with Crippen LogP contribution < -0.4 is 14.2 Å². The van der Waals surface area contributed by atoms with Gasteiger partial charge in [0.1, 0.15) is 11.5 Å². The Balaban J connectivity index is 2.09. The van der Waals surface area contributed by atoms with E-state index < -0.39 is 5.82 Å². The normalized spacial score (nSPS) is 10.3. The molecule has 0 spiro atoms. The molecule has 0 bridgehead atoms. The Morgan fingerprint density at radius 2 is 1.68 bits per heavy atom. The van der Waals surface area contributed by atoms with Crippen molar-refractivity contribution in [1.29, 1.82) is 0 Å². The molecular weight excluding hydrogens is 325 g/mol. The van der Waals surface area contributed by atoms with Crippen LogP contribution in [-0.2, 0) is 17.8 Å². The molecule has 0 N–H and O–H groups in total. The molecule has 0 unspecified atom stereocenters. The van der Waals surface area contributed by atoms with Gasteiger partial charge in [0.25, 0.3) is 0 Å². The Labute approximate surface area is 146 Å². The molecule has 0 saturated carbocycles. The maximum Gasteiger partial charge on any atom is 0.227 e. The van der Waals surface area contributed by atoms with E-state index in [9.17, 15) is 9.18 Å². The third-order valence-electron chi connectivity index (χ3n) is 3.89. The van der Waals surface area contributed by atoms with E-state index >= 15 is 0 Å². The van der Waals surface area contributed by atoms with Gasteiger partial charge in [-0.3, -0.25) is 4.79 Å². The topological polar surface area (TPSA) is 48.0 Å². The van der Waals surface area contributed by atoms with E-state index in [1.165, 1.54) is 13.2 Å². The van der Waals surface area contributed by atoms with Crippen molar-refractivity contribution in [2.45, 2.75) is 13.0 Å². The first-order valence-corrected chi connectivity index (χ1v) is 7.75. The quantitative estimate of drug-likeness (QED) is 0.772. The van der Waals surface area contributed by atoms with Gasteiger partial charge in [0, 0.05) is 19.2 Å². The molecular formula is C19H22FNO4. The molecule has 1 amide bonds. The molecule has 0 aliphatic rings. The summed E-state index contributed by atoms with van der Waals surface area (Å²) in [5, 5.41) is 0. The zero-order valence-electron chi connectivity index (χ0n) is 14.8. The number of halogens is 1. The number of likely N-dealkylation sites (N-methyl/N-ethyl adjacent to an activating group) is 1. The van der Waals surface area contributed by atoms with Gasteiger partial charge in [0.2, 0.25) is 5.91 Å².